The number of rotatable bonds is 5. The predicted octanol–water partition coefficient (Wildman–Crippen LogP) is 1.45. The Morgan fingerprint density at radius 2 is 2.11 bits per heavy atom. The number of piperidine rings is 1. The highest BCUT2D eigenvalue weighted by molar-refractivity contribution is 5.76. The highest BCUT2D eigenvalue weighted by atomic mass is 16.6. The standard InChI is InChI=1S/C14H26N2O3/c1-14(2,3)19-13(18)10-11(15)7-9-16-8-5-4-6-12(16)17/h11H,4-10,15H2,1-3H3. The number of carbonyl (C=O) groups excluding carboxylic acids is 2. The van der Waals surface area contributed by atoms with E-state index in [1.54, 1.807) is 0 Å². The predicted molar refractivity (Wildman–Crippen MR) is 73.5 cm³/mol. The van der Waals surface area contributed by atoms with E-state index >= 15 is 0 Å². The average molecular weight is 270 g/mol. The van der Waals surface area contributed by atoms with Gasteiger partial charge in [-0.15, -0.1) is 0 Å². The Morgan fingerprint density at radius 3 is 2.68 bits per heavy atom. The van der Waals surface area contributed by atoms with Gasteiger partial charge in [-0.3, -0.25) is 9.59 Å². The molecule has 1 saturated heterocycles. The van der Waals surface area contributed by atoms with Crippen LogP contribution in [-0.4, -0.2) is 41.5 Å². The summed E-state index contributed by atoms with van der Waals surface area (Å²) < 4.78 is 5.22. The number of esters is 1. The number of hydrogen-bond acceptors (Lipinski definition) is 4. The lowest BCUT2D eigenvalue weighted by molar-refractivity contribution is -0.155. The second kappa shape index (κ2) is 6.89. The first-order valence-corrected chi connectivity index (χ1v) is 7.03. The summed E-state index contributed by atoms with van der Waals surface area (Å²) in [6.45, 7) is 6.97. The molecule has 0 spiro atoms. The SMILES string of the molecule is CC(C)(C)OC(=O)CC(N)CCN1CCCCC1=O. The molecule has 19 heavy (non-hydrogen) atoms. The highest BCUT2D eigenvalue weighted by Crippen LogP contribution is 2.13. The maximum absolute atomic E-state index is 11.6. The van der Waals surface area contributed by atoms with Crippen LogP contribution < -0.4 is 5.73 Å². The van der Waals surface area contributed by atoms with Gasteiger partial charge in [0.05, 0.1) is 6.42 Å². The van der Waals surface area contributed by atoms with Gasteiger partial charge >= 0.3 is 5.97 Å². The van der Waals surface area contributed by atoms with E-state index in [2.05, 4.69) is 0 Å². The zero-order valence-corrected chi connectivity index (χ0v) is 12.3. The van der Waals surface area contributed by atoms with Crippen molar-refractivity contribution in [3.8, 4) is 0 Å². The van der Waals surface area contributed by atoms with Gasteiger partial charge < -0.3 is 15.4 Å². The van der Waals surface area contributed by atoms with Gasteiger partial charge in [0.1, 0.15) is 5.60 Å². The van der Waals surface area contributed by atoms with E-state index in [1.807, 2.05) is 25.7 Å². The lowest BCUT2D eigenvalue weighted by atomic mass is 10.1. The molecule has 1 aliphatic heterocycles. The van der Waals surface area contributed by atoms with E-state index in [0.29, 0.717) is 19.4 Å². The summed E-state index contributed by atoms with van der Waals surface area (Å²) in [6.07, 6.45) is 3.54. The molecule has 1 atom stereocenters. The smallest absolute Gasteiger partial charge is 0.307 e. The second-order valence-corrected chi connectivity index (χ2v) is 6.18. The molecule has 1 unspecified atom stereocenters. The minimum absolute atomic E-state index is 0.204. The van der Waals surface area contributed by atoms with Gasteiger partial charge in [0.2, 0.25) is 5.91 Å². The lowest BCUT2D eigenvalue weighted by Crippen LogP contribution is -2.39. The third kappa shape index (κ3) is 6.57. The van der Waals surface area contributed by atoms with Crippen molar-refractivity contribution < 1.29 is 14.3 Å². The van der Waals surface area contributed by atoms with Crippen molar-refractivity contribution in [1.29, 1.82) is 0 Å². The Kier molecular flexibility index (Phi) is 5.79. The summed E-state index contributed by atoms with van der Waals surface area (Å²) in [5, 5.41) is 0. The van der Waals surface area contributed by atoms with Gasteiger partial charge in [0, 0.05) is 25.6 Å². The normalized spacial score (nSPS) is 18.3. The fourth-order valence-corrected chi connectivity index (χ4v) is 2.12. The van der Waals surface area contributed by atoms with Gasteiger partial charge in [-0.05, 0) is 40.0 Å². The first-order valence-electron chi connectivity index (χ1n) is 7.03. The van der Waals surface area contributed by atoms with Crippen LogP contribution in [0.3, 0.4) is 0 Å². The van der Waals surface area contributed by atoms with E-state index in [4.69, 9.17) is 10.5 Å². The number of nitrogens with two attached hydrogens (primary N) is 1. The molecule has 5 nitrogen and oxygen atoms in total. The maximum atomic E-state index is 11.6. The maximum Gasteiger partial charge on any atom is 0.307 e. The van der Waals surface area contributed by atoms with E-state index in [9.17, 15) is 9.59 Å². The third-order valence-electron chi connectivity index (χ3n) is 3.04. The molecule has 1 amide bonds. The van der Waals surface area contributed by atoms with Gasteiger partial charge in [0.15, 0.2) is 0 Å². The first kappa shape index (κ1) is 16.0. The fourth-order valence-electron chi connectivity index (χ4n) is 2.12. The largest absolute Gasteiger partial charge is 0.460 e. The van der Waals surface area contributed by atoms with Crippen LogP contribution in [0.2, 0.25) is 0 Å². The average Bonchev–Trinajstić information content (AvgIpc) is 2.25. The molecule has 5 heteroatoms. The Hall–Kier alpha value is -1.10. The van der Waals surface area contributed by atoms with Crippen LogP contribution in [0.4, 0.5) is 0 Å². The molecule has 0 aromatic heterocycles. The minimum Gasteiger partial charge on any atom is -0.460 e. The lowest BCUT2D eigenvalue weighted by Gasteiger charge is -2.28. The van der Waals surface area contributed by atoms with E-state index in [-0.39, 0.29) is 24.3 Å². The number of likely N-dealkylation sites (tertiary alicyclic amines) is 1. The number of hydrogen-bond donors (Lipinski definition) is 1. The molecule has 1 heterocycles. The quantitative estimate of drug-likeness (QED) is 0.767. The van der Waals surface area contributed by atoms with Crippen LogP contribution in [0.25, 0.3) is 0 Å². The van der Waals surface area contributed by atoms with Crippen molar-refractivity contribution in [3.05, 3.63) is 0 Å². The van der Waals surface area contributed by atoms with Crippen molar-refractivity contribution >= 4 is 11.9 Å². The number of carbonyl (C=O) groups is 2. The zero-order chi connectivity index (χ0) is 14.5. The summed E-state index contributed by atoms with van der Waals surface area (Å²) in [5.74, 6) is -0.0688. The first-order chi connectivity index (χ1) is 8.78. The monoisotopic (exact) mass is 270 g/mol. The molecule has 0 aromatic carbocycles. The topological polar surface area (TPSA) is 72.6 Å². The molecule has 1 aliphatic rings. The van der Waals surface area contributed by atoms with Crippen LogP contribution in [0.15, 0.2) is 0 Å². The highest BCUT2D eigenvalue weighted by Gasteiger charge is 2.21. The van der Waals surface area contributed by atoms with Crippen LogP contribution in [0.1, 0.15) is 52.9 Å². The van der Waals surface area contributed by atoms with Crippen molar-refractivity contribution in [1.82, 2.24) is 4.90 Å². The Morgan fingerprint density at radius 1 is 1.42 bits per heavy atom. The van der Waals surface area contributed by atoms with Crippen LogP contribution in [-0.2, 0) is 14.3 Å². The summed E-state index contributed by atoms with van der Waals surface area (Å²) in [6, 6.07) is -0.246. The molecule has 0 aromatic rings. The molecular weight excluding hydrogens is 244 g/mol. The molecule has 0 saturated carbocycles. The van der Waals surface area contributed by atoms with Gasteiger partial charge in [-0.2, -0.15) is 0 Å². The summed E-state index contributed by atoms with van der Waals surface area (Å²) in [5.41, 5.74) is 5.44. The number of ether oxygens (including phenoxy) is 1. The number of nitrogens with zero attached hydrogens (tertiary/aromatic N) is 1. The summed E-state index contributed by atoms with van der Waals surface area (Å²) >= 11 is 0. The summed E-state index contributed by atoms with van der Waals surface area (Å²) in [4.78, 5) is 25.1. The molecule has 0 aliphatic carbocycles. The van der Waals surface area contributed by atoms with Crippen LogP contribution in [0, 0.1) is 0 Å². The summed E-state index contributed by atoms with van der Waals surface area (Å²) in [7, 11) is 0. The van der Waals surface area contributed by atoms with Crippen molar-refractivity contribution in [2.75, 3.05) is 13.1 Å². The Bertz CT molecular complexity index is 323. The van der Waals surface area contributed by atoms with Gasteiger partial charge in [-0.1, -0.05) is 0 Å². The van der Waals surface area contributed by atoms with Gasteiger partial charge in [-0.25, -0.2) is 0 Å². The molecular formula is C14H26N2O3. The van der Waals surface area contributed by atoms with Crippen LogP contribution >= 0.6 is 0 Å². The molecule has 2 N–H and O–H groups in total. The van der Waals surface area contributed by atoms with E-state index in [1.165, 1.54) is 0 Å². The molecule has 0 radical (unpaired) electrons. The van der Waals surface area contributed by atoms with E-state index in [0.717, 1.165) is 19.4 Å². The Labute approximate surface area is 115 Å². The molecule has 1 rings (SSSR count). The minimum atomic E-state index is -0.473. The number of amides is 1. The second-order valence-electron chi connectivity index (χ2n) is 6.18. The zero-order valence-electron chi connectivity index (χ0n) is 12.3. The molecule has 110 valence electrons. The van der Waals surface area contributed by atoms with Crippen LogP contribution in [0.5, 0.6) is 0 Å². The third-order valence-corrected chi connectivity index (χ3v) is 3.04. The fraction of sp³-hybridized carbons (Fsp3) is 0.857. The van der Waals surface area contributed by atoms with Crippen molar-refractivity contribution in [3.63, 3.8) is 0 Å². The van der Waals surface area contributed by atoms with Gasteiger partial charge in [0.25, 0.3) is 0 Å². The van der Waals surface area contributed by atoms with Crippen molar-refractivity contribution in [2.45, 2.75) is 64.5 Å². The molecule has 1 fully saturated rings. The van der Waals surface area contributed by atoms with Crippen molar-refractivity contribution in [2.24, 2.45) is 5.73 Å². The van der Waals surface area contributed by atoms with E-state index < -0.39 is 5.60 Å². The molecule has 0 bridgehead atoms. The Balaban J connectivity index is 2.25.